The van der Waals surface area contributed by atoms with E-state index in [1.807, 2.05) is 31.2 Å². The summed E-state index contributed by atoms with van der Waals surface area (Å²) in [6.07, 6.45) is 7.77. The Bertz CT molecular complexity index is 1500. The lowest BCUT2D eigenvalue weighted by atomic mass is 9.49. The number of aryl methyl sites for hydroxylation is 1. The van der Waals surface area contributed by atoms with Crippen LogP contribution in [-0.2, 0) is 11.2 Å². The highest BCUT2D eigenvalue weighted by molar-refractivity contribution is 5.84. The van der Waals surface area contributed by atoms with Crippen LogP contribution in [0.1, 0.15) is 61.3 Å². The van der Waals surface area contributed by atoms with Crippen LogP contribution in [0.2, 0.25) is 0 Å². The van der Waals surface area contributed by atoms with Gasteiger partial charge in [0.25, 0.3) is 0 Å². The normalized spacial score (nSPS) is 28.4. The third kappa shape index (κ3) is 4.16. The topological polar surface area (TPSA) is 78.2 Å². The first-order valence-electron chi connectivity index (χ1n) is 14.6. The van der Waals surface area contributed by atoms with E-state index >= 15 is 0 Å². The zero-order valence-corrected chi connectivity index (χ0v) is 23.5. The van der Waals surface area contributed by atoms with Crippen LogP contribution in [0.5, 0.6) is 17.2 Å². The van der Waals surface area contributed by atoms with E-state index in [0.717, 1.165) is 47.8 Å². The molecule has 3 aromatic rings. The maximum Gasteiger partial charge on any atom is 0.336 e. The molecule has 1 atom stereocenters. The highest BCUT2D eigenvalue weighted by atomic mass is 16.5. The lowest BCUT2D eigenvalue weighted by Crippen LogP contribution is -2.56. The van der Waals surface area contributed by atoms with Crippen molar-refractivity contribution in [1.82, 2.24) is 4.90 Å². The summed E-state index contributed by atoms with van der Waals surface area (Å²) in [6, 6.07) is 10.9. The van der Waals surface area contributed by atoms with Gasteiger partial charge < -0.3 is 23.5 Å². The van der Waals surface area contributed by atoms with Gasteiger partial charge in [-0.25, -0.2) is 4.79 Å². The Hall–Kier alpha value is -3.48. The van der Waals surface area contributed by atoms with E-state index in [1.165, 1.54) is 25.3 Å². The molecule has 4 bridgehead atoms. The molecule has 0 radical (unpaired) electrons. The molecule has 1 amide bonds. The van der Waals surface area contributed by atoms with Gasteiger partial charge in [-0.1, -0.05) is 0 Å². The second-order valence-electron chi connectivity index (χ2n) is 12.6. The average Bonchev–Trinajstić information content (AvgIpc) is 2.93. The molecule has 7 heteroatoms. The molecule has 0 saturated heterocycles. The van der Waals surface area contributed by atoms with E-state index in [-0.39, 0.29) is 17.1 Å². The Morgan fingerprint density at radius 3 is 2.33 bits per heavy atom. The summed E-state index contributed by atoms with van der Waals surface area (Å²) >= 11 is 0. The molecule has 1 aliphatic heterocycles. The molecular weight excluding hydrogens is 506 g/mol. The minimum atomic E-state index is -0.378. The first-order chi connectivity index (χ1) is 19.4. The van der Waals surface area contributed by atoms with Gasteiger partial charge in [-0.05, 0) is 111 Å². The Morgan fingerprint density at radius 1 is 0.975 bits per heavy atom. The minimum Gasteiger partial charge on any atom is -0.493 e. The van der Waals surface area contributed by atoms with Crippen molar-refractivity contribution >= 4 is 16.9 Å². The van der Waals surface area contributed by atoms with Crippen LogP contribution in [0.3, 0.4) is 0 Å². The van der Waals surface area contributed by atoms with Crippen molar-refractivity contribution in [2.24, 2.45) is 23.2 Å². The van der Waals surface area contributed by atoms with Crippen molar-refractivity contribution in [3.05, 3.63) is 63.5 Å². The summed E-state index contributed by atoms with van der Waals surface area (Å²) in [6.45, 7) is 2.85. The molecule has 7 nitrogen and oxygen atoms in total. The molecule has 0 spiro atoms. The highest BCUT2D eigenvalue weighted by Gasteiger charge is 2.56. The van der Waals surface area contributed by atoms with Crippen molar-refractivity contribution in [2.45, 2.75) is 57.9 Å². The van der Waals surface area contributed by atoms with Gasteiger partial charge in [0.2, 0.25) is 5.91 Å². The Balaban J connectivity index is 1.24. The highest BCUT2D eigenvalue weighted by Crippen LogP contribution is 2.61. The van der Waals surface area contributed by atoms with Crippen LogP contribution < -0.4 is 19.8 Å². The average molecular weight is 544 g/mol. The van der Waals surface area contributed by atoms with Crippen LogP contribution in [0.25, 0.3) is 11.0 Å². The molecule has 4 aliphatic carbocycles. The monoisotopic (exact) mass is 543 g/mol. The summed E-state index contributed by atoms with van der Waals surface area (Å²) in [7, 11) is 3.29. The van der Waals surface area contributed by atoms with Crippen molar-refractivity contribution in [3.63, 3.8) is 0 Å². The fraction of sp³-hybridized carbons (Fsp3) is 0.515. The van der Waals surface area contributed by atoms with E-state index in [2.05, 4.69) is 4.90 Å². The third-order valence-corrected chi connectivity index (χ3v) is 10.1. The number of hydrogen-bond donors (Lipinski definition) is 0. The molecule has 40 heavy (non-hydrogen) atoms. The van der Waals surface area contributed by atoms with Crippen LogP contribution >= 0.6 is 0 Å². The van der Waals surface area contributed by atoms with Gasteiger partial charge in [0.15, 0.2) is 11.5 Å². The maximum atomic E-state index is 14.6. The molecule has 1 aromatic heterocycles. The lowest BCUT2D eigenvalue weighted by molar-refractivity contribution is -0.161. The molecule has 0 N–H and O–H groups in total. The Labute approximate surface area is 234 Å². The standard InChI is InChI=1S/C33H37NO6/c1-19-8-31(35)40-28-13-24(4-5-25(19)28)39-18-27-26-14-30(38-3)29(37-2)12-23(26)6-7-34(27)32(36)33-15-20-9-21(16-33)11-22(10-20)17-33/h4-5,8,12-14,20-22,27H,6-7,9-11,15-18H2,1-3H3/t20?,21?,22?,27-,33?/m0/s1. The Morgan fingerprint density at radius 2 is 1.65 bits per heavy atom. The molecule has 210 valence electrons. The van der Waals surface area contributed by atoms with Crippen LogP contribution in [0.15, 0.2) is 45.6 Å². The van der Waals surface area contributed by atoms with Gasteiger partial charge in [-0.3, -0.25) is 4.79 Å². The van der Waals surface area contributed by atoms with Gasteiger partial charge in [0.1, 0.15) is 17.9 Å². The number of ether oxygens (including phenoxy) is 3. The zero-order chi connectivity index (χ0) is 27.6. The quantitative estimate of drug-likeness (QED) is 0.364. The first kappa shape index (κ1) is 25.5. The van der Waals surface area contributed by atoms with Crippen molar-refractivity contribution in [3.8, 4) is 17.2 Å². The van der Waals surface area contributed by atoms with E-state index in [9.17, 15) is 9.59 Å². The predicted octanol–water partition coefficient (Wildman–Crippen LogP) is 5.84. The first-order valence-corrected chi connectivity index (χ1v) is 14.6. The molecule has 8 rings (SSSR count). The smallest absolute Gasteiger partial charge is 0.336 e. The molecule has 4 saturated carbocycles. The minimum absolute atomic E-state index is 0.231. The van der Waals surface area contributed by atoms with Crippen LogP contribution in [0.4, 0.5) is 0 Å². The Kier molecular flexibility index (Phi) is 6.09. The number of carbonyl (C=O) groups is 1. The molecule has 5 aliphatic rings. The summed E-state index contributed by atoms with van der Waals surface area (Å²) in [5.74, 6) is 4.35. The summed E-state index contributed by atoms with van der Waals surface area (Å²) in [4.78, 5) is 28.7. The third-order valence-electron chi connectivity index (χ3n) is 10.1. The van der Waals surface area contributed by atoms with Gasteiger partial charge in [0, 0.05) is 24.1 Å². The predicted molar refractivity (Wildman–Crippen MR) is 151 cm³/mol. The number of rotatable bonds is 6. The number of amides is 1. The van der Waals surface area contributed by atoms with E-state index in [1.54, 1.807) is 20.3 Å². The van der Waals surface area contributed by atoms with Gasteiger partial charge in [0.05, 0.1) is 25.7 Å². The van der Waals surface area contributed by atoms with Crippen molar-refractivity contribution in [2.75, 3.05) is 27.4 Å². The van der Waals surface area contributed by atoms with Crippen LogP contribution in [-0.4, -0.2) is 38.2 Å². The second-order valence-corrected chi connectivity index (χ2v) is 12.6. The molecule has 0 unspecified atom stereocenters. The summed E-state index contributed by atoms with van der Waals surface area (Å²) in [5.41, 5.74) is 2.96. The maximum absolute atomic E-state index is 14.6. The van der Waals surface area contributed by atoms with Gasteiger partial charge >= 0.3 is 5.63 Å². The number of hydrogen-bond acceptors (Lipinski definition) is 6. The van der Waals surface area contributed by atoms with E-state index in [0.29, 0.717) is 59.6 Å². The van der Waals surface area contributed by atoms with E-state index in [4.69, 9.17) is 18.6 Å². The molecule has 4 fully saturated rings. The SMILES string of the molecule is COc1cc2c(cc1OC)[C@H](COc1ccc3c(C)cc(=O)oc3c1)N(C(=O)C13CC4CC(CC(C4)C1)C3)CC2. The van der Waals surface area contributed by atoms with Crippen LogP contribution in [0, 0.1) is 30.1 Å². The number of carbonyl (C=O) groups excluding carboxylic acids is 1. The largest absolute Gasteiger partial charge is 0.493 e. The number of methoxy groups -OCH3 is 2. The van der Waals surface area contributed by atoms with Gasteiger partial charge in [-0.15, -0.1) is 0 Å². The zero-order valence-electron chi connectivity index (χ0n) is 23.5. The lowest BCUT2D eigenvalue weighted by Gasteiger charge is -2.57. The fourth-order valence-corrected chi connectivity index (χ4v) is 8.70. The number of nitrogens with zero attached hydrogens (tertiary/aromatic N) is 1. The van der Waals surface area contributed by atoms with E-state index < -0.39 is 0 Å². The number of benzene rings is 2. The van der Waals surface area contributed by atoms with Crippen molar-refractivity contribution < 1.29 is 23.4 Å². The molecule has 2 heterocycles. The summed E-state index contributed by atoms with van der Waals surface area (Å²) in [5, 5.41) is 0.880. The second kappa shape index (κ2) is 9.57. The molecular formula is C33H37NO6. The molecule has 2 aromatic carbocycles. The summed E-state index contributed by atoms with van der Waals surface area (Å²) < 4.78 is 23.1. The van der Waals surface area contributed by atoms with Crippen molar-refractivity contribution in [1.29, 1.82) is 0 Å². The fourth-order valence-electron chi connectivity index (χ4n) is 8.70. The number of fused-ring (bicyclic) bond motifs is 2. The van der Waals surface area contributed by atoms with Gasteiger partial charge in [-0.2, -0.15) is 0 Å².